The molecule has 0 radical (unpaired) electrons. The van der Waals surface area contributed by atoms with E-state index in [0.717, 1.165) is 67.5 Å². The first-order chi connectivity index (χ1) is 11.1. The smallest absolute Gasteiger partial charge is 0.251 e. The molecule has 0 N–H and O–H groups in total. The van der Waals surface area contributed by atoms with Gasteiger partial charge in [-0.15, -0.1) is 0 Å². The third kappa shape index (κ3) is 3.08. The van der Waals surface area contributed by atoms with Crippen LogP contribution in [-0.4, -0.2) is 35.9 Å². The SMILES string of the molecule is CCn1c2c(c(C3=CCN(C)CC3)cc1=O)C=C(C=O)CCC2. The number of hydrogen-bond donors (Lipinski definition) is 0. The van der Waals surface area contributed by atoms with Gasteiger partial charge in [-0.25, -0.2) is 0 Å². The predicted molar refractivity (Wildman–Crippen MR) is 93.4 cm³/mol. The molecule has 0 saturated carbocycles. The monoisotopic (exact) mass is 312 g/mol. The molecule has 0 aromatic carbocycles. The van der Waals surface area contributed by atoms with Crippen molar-refractivity contribution in [3.05, 3.63) is 44.9 Å². The summed E-state index contributed by atoms with van der Waals surface area (Å²) in [6.45, 7) is 4.59. The summed E-state index contributed by atoms with van der Waals surface area (Å²) in [5.74, 6) is 0. The number of aldehydes is 1. The maximum atomic E-state index is 12.5. The van der Waals surface area contributed by atoms with Crippen molar-refractivity contribution in [2.45, 2.75) is 39.2 Å². The summed E-state index contributed by atoms with van der Waals surface area (Å²) >= 11 is 0. The average molecular weight is 312 g/mol. The number of allylic oxidation sites excluding steroid dienone is 1. The van der Waals surface area contributed by atoms with Crippen molar-refractivity contribution in [3.8, 4) is 0 Å². The second-order valence-electron chi connectivity index (χ2n) is 6.43. The molecule has 3 rings (SSSR count). The van der Waals surface area contributed by atoms with E-state index in [1.165, 1.54) is 5.57 Å². The largest absolute Gasteiger partial charge is 0.312 e. The Morgan fingerprint density at radius 2 is 2.09 bits per heavy atom. The molecule has 4 heteroatoms. The number of likely N-dealkylation sites (N-methyl/N-ethyl adjacent to an activating group) is 1. The molecule has 0 fully saturated rings. The summed E-state index contributed by atoms with van der Waals surface area (Å²) in [5.41, 5.74) is 5.35. The van der Waals surface area contributed by atoms with Crippen LogP contribution in [0.3, 0.4) is 0 Å². The Bertz CT molecular complexity index is 740. The fourth-order valence-electron chi connectivity index (χ4n) is 3.58. The molecule has 23 heavy (non-hydrogen) atoms. The van der Waals surface area contributed by atoms with Crippen LogP contribution in [0.4, 0.5) is 0 Å². The minimum absolute atomic E-state index is 0.0732. The van der Waals surface area contributed by atoms with Gasteiger partial charge in [0.2, 0.25) is 0 Å². The molecule has 0 bridgehead atoms. The number of hydrogen-bond acceptors (Lipinski definition) is 3. The van der Waals surface area contributed by atoms with Gasteiger partial charge in [-0.3, -0.25) is 9.59 Å². The first-order valence-electron chi connectivity index (χ1n) is 8.44. The van der Waals surface area contributed by atoms with E-state index in [-0.39, 0.29) is 5.56 Å². The van der Waals surface area contributed by atoms with Crippen molar-refractivity contribution in [1.82, 2.24) is 9.47 Å². The van der Waals surface area contributed by atoms with Gasteiger partial charge in [-0.2, -0.15) is 0 Å². The lowest BCUT2D eigenvalue weighted by atomic mass is 9.93. The highest BCUT2D eigenvalue weighted by molar-refractivity contribution is 5.86. The van der Waals surface area contributed by atoms with Crippen LogP contribution in [0.25, 0.3) is 11.6 Å². The van der Waals surface area contributed by atoms with E-state index in [2.05, 4.69) is 18.0 Å². The van der Waals surface area contributed by atoms with Gasteiger partial charge in [0, 0.05) is 37.0 Å². The van der Waals surface area contributed by atoms with Crippen LogP contribution in [0.15, 0.2) is 22.5 Å². The number of nitrogens with zero attached hydrogens (tertiary/aromatic N) is 2. The number of carbonyl (C=O) groups excluding carboxylic acids is 1. The van der Waals surface area contributed by atoms with Gasteiger partial charge in [0.25, 0.3) is 5.56 Å². The van der Waals surface area contributed by atoms with E-state index in [9.17, 15) is 9.59 Å². The van der Waals surface area contributed by atoms with Crippen LogP contribution in [0.5, 0.6) is 0 Å². The molecular weight excluding hydrogens is 288 g/mol. The zero-order valence-electron chi connectivity index (χ0n) is 14.0. The summed E-state index contributed by atoms with van der Waals surface area (Å²) in [4.78, 5) is 26.1. The molecule has 0 amide bonds. The lowest BCUT2D eigenvalue weighted by molar-refractivity contribution is -0.105. The van der Waals surface area contributed by atoms with Crippen molar-refractivity contribution >= 4 is 17.9 Å². The normalized spacial score (nSPS) is 18.7. The number of rotatable bonds is 3. The van der Waals surface area contributed by atoms with E-state index < -0.39 is 0 Å². The molecule has 2 aliphatic rings. The molecule has 1 aromatic heterocycles. The van der Waals surface area contributed by atoms with E-state index in [4.69, 9.17) is 0 Å². The molecule has 4 nitrogen and oxygen atoms in total. The summed E-state index contributed by atoms with van der Waals surface area (Å²) in [6.07, 6.45) is 8.70. The lowest BCUT2D eigenvalue weighted by Gasteiger charge is -2.24. The average Bonchev–Trinajstić information content (AvgIpc) is 2.77. The summed E-state index contributed by atoms with van der Waals surface area (Å²) in [5, 5.41) is 0. The molecule has 0 saturated heterocycles. The highest BCUT2D eigenvalue weighted by atomic mass is 16.1. The van der Waals surface area contributed by atoms with Crippen molar-refractivity contribution in [2.75, 3.05) is 20.1 Å². The van der Waals surface area contributed by atoms with Crippen LogP contribution in [0.2, 0.25) is 0 Å². The van der Waals surface area contributed by atoms with Crippen LogP contribution in [0, 0.1) is 0 Å². The standard InChI is InChI=1S/C19H24N2O2/c1-3-21-18-6-4-5-14(13-22)11-17(18)16(12-19(21)23)15-7-9-20(2)10-8-15/h7,11-13H,3-6,8-10H2,1-2H3. The maximum absolute atomic E-state index is 12.5. The molecule has 2 heterocycles. The Kier molecular flexibility index (Phi) is 4.62. The summed E-state index contributed by atoms with van der Waals surface area (Å²) < 4.78 is 1.86. The van der Waals surface area contributed by atoms with Crippen LogP contribution < -0.4 is 5.56 Å². The minimum atomic E-state index is 0.0732. The Balaban J connectivity index is 2.22. The van der Waals surface area contributed by atoms with Gasteiger partial charge >= 0.3 is 0 Å². The van der Waals surface area contributed by atoms with Gasteiger partial charge in [0.1, 0.15) is 6.29 Å². The van der Waals surface area contributed by atoms with E-state index in [1.807, 2.05) is 17.6 Å². The Labute approximate surface area is 137 Å². The van der Waals surface area contributed by atoms with Gasteiger partial charge in [0.05, 0.1) is 0 Å². The topological polar surface area (TPSA) is 42.3 Å². The number of fused-ring (bicyclic) bond motifs is 1. The van der Waals surface area contributed by atoms with E-state index in [0.29, 0.717) is 6.54 Å². The second-order valence-corrected chi connectivity index (χ2v) is 6.43. The fraction of sp³-hybridized carbons (Fsp3) is 0.474. The second kappa shape index (κ2) is 6.67. The van der Waals surface area contributed by atoms with E-state index >= 15 is 0 Å². The van der Waals surface area contributed by atoms with Crippen molar-refractivity contribution in [1.29, 1.82) is 0 Å². The van der Waals surface area contributed by atoms with Gasteiger partial charge in [-0.1, -0.05) is 6.08 Å². The Morgan fingerprint density at radius 1 is 1.26 bits per heavy atom. The van der Waals surface area contributed by atoms with Gasteiger partial charge < -0.3 is 9.47 Å². The molecule has 122 valence electrons. The highest BCUT2D eigenvalue weighted by Gasteiger charge is 2.20. The van der Waals surface area contributed by atoms with Crippen LogP contribution in [0.1, 0.15) is 43.0 Å². The zero-order chi connectivity index (χ0) is 16.4. The van der Waals surface area contributed by atoms with Crippen molar-refractivity contribution in [2.24, 2.45) is 0 Å². The van der Waals surface area contributed by atoms with Crippen molar-refractivity contribution < 1.29 is 4.79 Å². The Morgan fingerprint density at radius 3 is 2.74 bits per heavy atom. The first kappa shape index (κ1) is 15.9. The molecule has 1 aliphatic carbocycles. The number of pyridine rings is 1. The molecule has 0 spiro atoms. The Hall–Kier alpha value is -1.94. The third-order valence-corrected chi connectivity index (χ3v) is 4.90. The highest BCUT2D eigenvalue weighted by Crippen LogP contribution is 2.31. The predicted octanol–water partition coefficient (Wildman–Crippen LogP) is 2.51. The summed E-state index contributed by atoms with van der Waals surface area (Å²) in [6, 6.07) is 1.77. The molecule has 0 atom stereocenters. The van der Waals surface area contributed by atoms with Crippen LogP contribution in [-0.2, 0) is 17.8 Å². The molecular formula is C19H24N2O2. The first-order valence-corrected chi connectivity index (χ1v) is 8.44. The molecule has 1 aromatic rings. The van der Waals surface area contributed by atoms with Crippen LogP contribution >= 0.6 is 0 Å². The molecule has 0 unspecified atom stereocenters. The number of aromatic nitrogens is 1. The van der Waals surface area contributed by atoms with Crippen molar-refractivity contribution in [3.63, 3.8) is 0 Å². The minimum Gasteiger partial charge on any atom is -0.312 e. The third-order valence-electron chi connectivity index (χ3n) is 4.90. The maximum Gasteiger partial charge on any atom is 0.251 e. The van der Waals surface area contributed by atoms with Gasteiger partial charge in [0.15, 0.2) is 0 Å². The number of carbonyl (C=O) groups is 1. The van der Waals surface area contributed by atoms with E-state index in [1.54, 1.807) is 6.07 Å². The molecule has 1 aliphatic heterocycles. The summed E-state index contributed by atoms with van der Waals surface area (Å²) in [7, 11) is 2.10. The lowest BCUT2D eigenvalue weighted by Crippen LogP contribution is -2.27. The quantitative estimate of drug-likeness (QED) is 0.805. The van der Waals surface area contributed by atoms with Gasteiger partial charge in [-0.05, 0) is 62.4 Å². The fourth-order valence-corrected chi connectivity index (χ4v) is 3.58. The zero-order valence-corrected chi connectivity index (χ0v) is 14.0.